The first-order valence-corrected chi connectivity index (χ1v) is 6.63. The van der Waals surface area contributed by atoms with Crippen molar-refractivity contribution in [2.24, 2.45) is 0 Å². The molecule has 9 nitrogen and oxygen atoms in total. The fourth-order valence-electron chi connectivity index (χ4n) is 1.76. The van der Waals surface area contributed by atoms with Gasteiger partial charge >= 0.3 is 12.4 Å². The Labute approximate surface area is 133 Å². The summed E-state index contributed by atoms with van der Waals surface area (Å²) in [5.41, 5.74) is 0.0169. The lowest BCUT2D eigenvalue weighted by atomic mass is 10.2. The second kappa shape index (κ2) is 7.35. The van der Waals surface area contributed by atoms with E-state index in [1.807, 2.05) is 0 Å². The first-order chi connectivity index (χ1) is 11.4. The average molecular weight is 342 g/mol. The van der Waals surface area contributed by atoms with Gasteiger partial charge in [0.2, 0.25) is 0 Å². The highest BCUT2D eigenvalue weighted by Crippen LogP contribution is 2.32. The zero-order chi connectivity index (χ0) is 17.7. The second-order valence-electron chi connectivity index (χ2n) is 4.32. The third-order valence-electron chi connectivity index (χ3n) is 2.71. The molecule has 0 radical (unpaired) electrons. The second-order valence-corrected chi connectivity index (χ2v) is 4.32. The summed E-state index contributed by atoms with van der Waals surface area (Å²) in [6.07, 6.45) is 0. The molecule has 24 heavy (non-hydrogen) atoms. The highest BCUT2D eigenvalue weighted by atomic mass is 19.3. The third-order valence-corrected chi connectivity index (χ3v) is 2.71. The summed E-state index contributed by atoms with van der Waals surface area (Å²) in [4.78, 5) is 21.8. The molecular formula is C13H12F2N4O5. The van der Waals surface area contributed by atoms with Crippen LogP contribution in [0.3, 0.4) is 0 Å². The number of nitro groups is 1. The Morgan fingerprint density at radius 3 is 2.75 bits per heavy atom. The predicted octanol–water partition coefficient (Wildman–Crippen LogP) is 2.57. The number of hydrogen-bond donors (Lipinski definition) is 2. The minimum Gasteiger partial charge on any atom is -0.490 e. The Balaban J connectivity index is 2.17. The minimum absolute atomic E-state index is 0.0172. The van der Waals surface area contributed by atoms with Crippen LogP contribution in [0.2, 0.25) is 0 Å². The number of carbonyl (C=O) groups excluding carboxylic acids is 1. The van der Waals surface area contributed by atoms with Crippen molar-refractivity contribution < 1.29 is 28.0 Å². The van der Waals surface area contributed by atoms with Crippen LogP contribution in [0.4, 0.5) is 20.3 Å². The molecule has 0 fully saturated rings. The SMILES string of the molecule is CCOc1cc(NC(=O)c2cc([N+](=O)[O-])[nH]n2)ccc1OC(F)F. The van der Waals surface area contributed by atoms with E-state index in [9.17, 15) is 23.7 Å². The molecule has 1 heterocycles. The van der Waals surface area contributed by atoms with Crippen LogP contribution in [0, 0.1) is 10.1 Å². The lowest BCUT2D eigenvalue weighted by Crippen LogP contribution is -2.13. The lowest BCUT2D eigenvalue weighted by Gasteiger charge is -2.12. The van der Waals surface area contributed by atoms with Crippen LogP contribution < -0.4 is 14.8 Å². The summed E-state index contributed by atoms with van der Waals surface area (Å²) in [5, 5.41) is 18.6. The predicted molar refractivity (Wildman–Crippen MR) is 77.4 cm³/mol. The smallest absolute Gasteiger partial charge is 0.387 e. The van der Waals surface area contributed by atoms with Gasteiger partial charge in [0.05, 0.1) is 12.7 Å². The molecule has 0 bridgehead atoms. The number of halogens is 2. The summed E-state index contributed by atoms with van der Waals surface area (Å²) in [6, 6.07) is 4.78. The molecule has 0 spiro atoms. The number of carbonyl (C=O) groups is 1. The van der Waals surface area contributed by atoms with Gasteiger partial charge in [-0.15, -0.1) is 5.10 Å². The fraction of sp³-hybridized carbons (Fsp3) is 0.231. The molecule has 0 atom stereocenters. The van der Waals surface area contributed by atoms with E-state index in [1.54, 1.807) is 6.92 Å². The van der Waals surface area contributed by atoms with Crippen molar-refractivity contribution in [3.8, 4) is 11.5 Å². The van der Waals surface area contributed by atoms with E-state index in [0.717, 1.165) is 6.07 Å². The van der Waals surface area contributed by atoms with E-state index >= 15 is 0 Å². The number of rotatable bonds is 7. The van der Waals surface area contributed by atoms with Gasteiger partial charge in [-0.1, -0.05) is 5.10 Å². The maximum Gasteiger partial charge on any atom is 0.387 e. The van der Waals surface area contributed by atoms with Crippen LogP contribution in [-0.2, 0) is 0 Å². The molecule has 2 aromatic rings. The van der Waals surface area contributed by atoms with Crippen LogP contribution in [-0.4, -0.2) is 34.2 Å². The van der Waals surface area contributed by atoms with Gasteiger partial charge in [-0.05, 0) is 24.0 Å². The number of nitrogens with one attached hydrogen (secondary N) is 2. The molecule has 0 saturated carbocycles. The van der Waals surface area contributed by atoms with E-state index < -0.39 is 23.3 Å². The first-order valence-electron chi connectivity index (χ1n) is 6.63. The van der Waals surface area contributed by atoms with Crippen molar-refractivity contribution in [3.05, 3.63) is 40.1 Å². The number of H-pyrrole nitrogens is 1. The van der Waals surface area contributed by atoms with Gasteiger partial charge < -0.3 is 24.9 Å². The maximum absolute atomic E-state index is 12.3. The fourth-order valence-corrected chi connectivity index (χ4v) is 1.76. The van der Waals surface area contributed by atoms with Crippen LogP contribution in [0.15, 0.2) is 24.3 Å². The van der Waals surface area contributed by atoms with Gasteiger partial charge in [0.15, 0.2) is 17.2 Å². The monoisotopic (exact) mass is 342 g/mol. The minimum atomic E-state index is -3.02. The Kier molecular flexibility index (Phi) is 5.24. The summed E-state index contributed by atoms with van der Waals surface area (Å²) in [6.45, 7) is -1.17. The number of aromatic nitrogens is 2. The Morgan fingerprint density at radius 1 is 1.42 bits per heavy atom. The summed E-state index contributed by atoms with van der Waals surface area (Å²) in [5.74, 6) is -1.32. The number of hydrogen-bond acceptors (Lipinski definition) is 6. The quantitative estimate of drug-likeness (QED) is 0.589. The number of alkyl halides is 2. The summed E-state index contributed by atoms with van der Waals surface area (Å²) >= 11 is 0. The highest BCUT2D eigenvalue weighted by Gasteiger charge is 2.18. The van der Waals surface area contributed by atoms with Gasteiger partial charge in [0.25, 0.3) is 5.91 Å². The van der Waals surface area contributed by atoms with Crippen LogP contribution >= 0.6 is 0 Å². The van der Waals surface area contributed by atoms with E-state index in [2.05, 4.69) is 20.3 Å². The van der Waals surface area contributed by atoms with Crippen LogP contribution in [0.25, 0.3) is 0 Å². The van der Waals surface area contributed by atoms with Gasteiger partial charge in [-0.3, -0.25) is 4.79 Å². The number of amides is 1. The van der Waals surface area contributed by atoms with Crippen molar-refractivity contribution in [1.29, 1.82) is 0 Å². The molecule has 0 aliphatic rings. The molecule has 1 amide bonds. The standard InChI is InChI=1S/C13H12F2N4O5/c1-2-23-10-5-7(3-4-9(10)24-13(14)15)16-12(20)8-6-11(18-17-8)19(21)22/h3-6,13H,2H2,1H3,(H,16,20)(H,17,18). The number of nitrogens with zero attached hydrogens (tertiary/aromatic N) is 2. The number of ether oxygens (including phenoxy) is 2. The van der Waals surface area contributed by atoms with Crippen molar-refractivity contribution in [3.63, 3.8) is 0 Å². The van der Waals surface area contributed by atoms with E-state index in [-0.39, 0.29) is 29.5 Å². The molecule has 0 aliphatic heterocycles. The number of aromatic amines is 1. The summed E-state index contributed by atoms with van der Waals surface area (Å²) in [7, 11) is 0. The Hall–Kier alpha value is -3.24. The van der Waals surface area contributed by atoms with Crippen molar-refractivity contribution in [1.82, 2.24) is 10.2 Å². The van der Waals surface area contributed by atoms with E-state index in [1.165, 1.54) is 18.2 Å². The molecule has 0 saturated heterocycles. The van der Waals surface area contributed by atoms with Crippen molar-refractivity contribution >= 4 is 17.4 Å². The maximum atomic E-state index is 12.3. The van der Waals surface area contributed by atoms with E-state index in [0.29, 0.717) is 0 Å². The molecule has 2 N–H and O–H groups in total. The summed E-state index contributed by atoms with van der Waals surface area (Å²) < 4.78 is 34.1. The van der Waals surface area contributed by atoms with Gasteiger partial charge in [0.1, 0.15) is 0 Å². The zero-order valence-electron chi connectivity index (χ0n) is 12.3. The topological polar surface area (TPSA) is 119 Å². The van der Waals surface area contributed by atoms with Crippen LogP contribution in [0.1, 0.15) is 17.4 Å². The average Bonchev–Trinajstić information content (AvgIpc) is 3.00. The number of anilines is 1. The zero-order valence-corrected chi connectivity index (χ0v) is 12.3. The van der Waals surface area contributed by atoms with Crippen molar-refractivity contribution in [2.75, 3.05) is 11.9 Å². The van der Waals surface area contributed by atoms with Gasteiger partial charge in [0, 0.05) is 11.8 Å². The molecular weight excluding hydrogens is 330 g/mol. The molecule has 1 aromatic heterocycles. The molecule has 0 unspecified atom stereocenters. The first kappa shape index (κ1) is 17.1. The third kappa shape index (κ3) is 4.15. The largest absolute Gasteiger partial charge is 0.490 e. The lowest BCUT2D eigenvalue weighted by molar-refractivity contribution is -0.389. The van der Waals surface area contributed by atoms with Gasteiger partial charge in [-0.25, -0.2) is 0 Å². The van der Waals surface area contributed by atoms with E-state index in [4.69, 9.17) is 4.74 Å². The van der Waals surface area contributed by atoms with Gasteiger partial charge in [-0.2, -0.15) is 8.78 Å². The Morgan fingerprint density at radius 2 is 2.17 bits per heavy atom. The van der Waals surface area contributed by atoms with Crippen molar-refractivity contribution in [2.45, 2.75) is 13.5 Å². The Bertz CT molecular complexity index is 750. The molecule has 128 valence electrons. The normalized spacial score (nSPS) is 10.5. The highest BCUT2D eigenvalue weighted by molar-refractivity contribution is 6.03. The van der Waals surface area contributed by atoms with Crippen LogP contribution in [0.5, 0.6) is 11.5 Å². The number of benzene rings is 1. The molecule has 2 rings (SSSR count). The molecule has 1 aromatic carbocycles. The molecule has 11 heteroatoms. The molecule has 0 aliphatic carbocycles.